The Morgan fingerprint density at radius 2 is 1.80 bits per heavy atom. The first kappa shape index (κ1) is 12.7. The monoisotopic (exact) mass is 266 g/mol. The molecule has 0 radical (unpaired) electrons. The first-order valence-electron chi connectivity index (χ1n) is 6.92. The van der Waals surface area contributed by atoms with E-state index in [0.29, 0.717) is 0 Å². The van der Waals surface area contributed by atoms with Crippen LogP contribution >= 0.6 is 0 Å². The molecule has 1 atom stereocenters. The van der Waals surface area contributed by atoms with Gasteiger partial charge in [-0.05, 0) is 23.1 Å². The van der Waals surface area contributed by atoms with Crippen molar-refractivity contribution in [1.82, 2.24) is 10.2 Å². The summed E-state index contributed by atoms with van der Waals surface area (Å²) in [7, 11) is 1.69. The highest BCUT2D eigenvalue weighted by Crippen LogP contribution is 2.34. The predicted octanol–water partition coefficient (Wildman–Crippen LogP) is 2.97. The van der Waals surface area contributed by atoms with Gasteiger partial charge >= 0.3 is 6.03 Å². The van der Waals surface area contributed by atoms with Crippen LogP contribution in [0.25, 0.3) is 0 Å². The van der Waals surface area contributed by atoms with Crippen molar-refractivity contribution in [3.8, 4) is 0 Å². The van der Waals surface area contributed by atoms with Gasteiger partial charge in [-0.15, -0.1) is 0 Å². The third kappa shape index (κ3) is 2.16. The molecule has 1 heterocycles. The van der Waals surface area contributed by atoms with Crippen LogP contribution in [-0.2, 0) is 6.42 Å². The Hall–Kier alpha value is -2.29. The molecule has 20 heavy (non-hydrogen) atoms. The molecule has 3 nitrogen and oxygen atoms in total. The van der Waals surface area contributed by atoms with Crippen molar-refractivity contribution in [2.24, 2.45) is 0 Å². The Bertz CT molecular complexity index is 609. The van der Waals surface area contributed by atoms with E-state index in [1.54, 1.807) is 7.05 Å². The van der Waals surface area contributed by atoms with E-state index < -0.39 is 0 Å². The molecule has 0 aliphatic carbocycles. The fourth-order valence-corrected chi connectivity index (χ4v) is 2.92. The second-order valence-corrected chi connectivity index (χ2v) is 5.01. The zero-order chi connectivity index (χ0) is 13.9. The van der Waals surface area contributed by atoms with Crippen LogP contribution in [0, 0.1) is 0 Å². The highest BCUT2D eigenvalue weighted by molar-refractivity contribution is 5.75. The molecule has 0 bridgehead atoms. The number of carbonyl (C=O) groups is 1. The first-order valence-corrected chi connectivity index (χ1v) is 6.92. The summed E-state index contributed by atoms with van der Waals surface area (Å²) >= 11 is 0. The zero-order valence-corrected chi connectivity index (χ0v) is 11.5. The van der Waals surface area contributed by atoms with Gasteiger partial charge < -0.3 is 10.2 Å². The summed E-state index contributed by atoms with van der Waals surface area (Å²) in [4.78, 5) is 14.1. The second kappa shape index (κ2) is 5.37. The zero-order valence-electron chi connectivity index (χ0n) is 11.5. The minimum absolute atomic E-state index is 0.00102. The molecule has 1 aliphatic rings. The van der Waals surface area contributed by atoms with Crippen molar-refractivity contribution in [3.05, 3.63) is 71.3 Å². The summed E-state index contributed by atoms with van der Waals surface area (Å²) in [6, 6.07) is 18.6. The molecule has 0 fully saturated rings. The molecule has 1 unspecified atom stereocenters. The average molecular weight is 266 g/mol. The van der Waals surface area contributed by atoms with E-state index >= 15 is 0 Å². The lowest BCUT2D eigenvalue weighted by Gasteiger charge is -2.37. The Labute approximate surface area is 119 Å². The number of hydrogen-bond donors (Lipinski definition) is 1. The minimum atomic E-state index is -0.0200. The molecule has 0 saturated heterocycles. The van der Waals surface area contributed by atoms with Crippen molar-refractivity contribution < 1.29 is 4.79 Å². The Morgan fingerprint density at radius 3 is 2.55 bits per heavy atom. The number of carbonyl (C=O) groups excluding carboxylic acids is 1. The second-order valence-electron chi connectivity index (χ2n) is 5.01. The van der Waals surface area contributed by atoms with Crippen LogP contribution < -0.4 is 5.32 Å². The molecule has 2 aromatic rings. The van der Waals surface area contributed by atoms with Crippen LogP contribution in [0.15, 0.2) is 54.6 Å². The van der Waals surface area contributed by atoms with Crippen LogP contribution in [0.3, 0.4) is 0 Å². The van der Waals surface area contributed by atoms with Gasteiger partial charge in [0.05, 0.1) is 6.04 Å². The lowest BCUT2D eigenvalue weighted by Crippen LogP contribution is -2.44. The number of benzene rings is 2. The lowest BCUT2D eigenvalue weighted by atomic mass is 9.88. The quantitative estimate of drug-likeness (QED) is 0.845. The van der Waals surface area contributed by atoms with E-state index in [1.165, 1.54) is 11.1 Å². The number of amides is 2. The molecule has 1 aliphatic heterocycles. The third-order valence-electron chi connectivity index (χ3n) is 3.87. The van der Waals surface area contributed by atoms with Gasteiger partial charge in [0.15, 0.2) is 0 Å². The molecule has 0 spiro atoms. The fraction of sp³-hybridized carbons (Fsp3) is 0.235. The van der Waals surface area contributed by atoms with Crippen molar-refractivity contribution in [3.63, 3.8) is 0 Å². The molecular weight excluding hydrogens is 248 g/mol. The summed E-state index contributed by atoms with van der Waals surface area (Å²) in [6.07, 6.45) is 0.910. The molecule has 0 saturated carbocycles. The Kier molecular flexibility index (Phi) is 3.42. The molecule has 1 N–H and O–H groups in total. The van der Waals surface area contributed by atoms with Crippen molar-refractivity contribution in [2.45, 2.75) is 12.5 Å². The third-order valence-corrected chi connectivity index (χ3v) is 3.87. The van der Waals surface area contributed by atoms with Crippen molar-refractivity contribution >= 4 is 6.03 Å². The maximum Gasteiger partial charge on any atom is 0.317 e. The van der Waals surface area contributed by atoms with Crippen LogP contribution in [-0.4, -0.2) is 24.5 Å². The van der Waals surface area contributed by atoms with Crippen LogP contribution in [0.1, 0.15) is 22.7 Å². The van der Waals surface area contributed by atoms with Gasteiger partial charge in [-0.25, -0.2) is 4.79 Å². The number of rotatable bonds is 1. The van der Waals surface area contributed by atoms with E-state index in [0.717, 1.165) is 18.5 Å². The van der Waals surface area contributed by atoms with Gasteiger partial charge in [-0.2, -0.15) is 0 Å². The molecular formula is C17H18N2O. The fourth-order valence-electron chi connectivity index (χ4n) is 2.92. The van der Waals surface area contributed by atoms with Gasteiger partial charge in [0.2, 0.25) is 0 Å². The molecule has 3 heteroatoms. The van der Waals surface area contributed by atoms with Crippen LogP contribution in [0.4, 0.5) is 4.79 Å². The molecule has 2 aromatic carbocycles. The van der Waals surface area contributed by atoms with Gasteiger partial charge in [0, 0.05) is 13.6 Å². The number of nitrogens with one attached hydrogen (secondary N) is 1. The highest BCUT2D eigenvalue weighted by atomic mass is 16.2. The summed E-state index contributed by atoms with van der Waals surface area (Å²) in [6.45, 7) is 0.746. The van der Waals surface area contributed by atoms with Gasteiger partial charge in [0.1, 0.15) is 0 Å². The van der Waals surface area contributed by atoms with E-state index in [4.69, 9.17) is 0 Å². The number of urea groups is 1. The standard InChI is InChI=1S/C17H18N2O/c1-18-17(20)19-12-11-13-7-5-6-10-15(13)16(19)14-8-3-2-4-9-14/h2-10,16H,11-12H2,1H3,(H,18,20). The van der Waals surface area contributed by atoms with E-state index in [9.17, 15) is 4.79 Å². The molecule has 2 amide bonds. The summed E-state index contributed by atoms with van der Waals surface area (Å²) in [5.74, 6) is 0. The normalized spacial score (nSPS) is 17.4. The summed E-state index contributed by atoms with van der Waals surface area (Å²) in [5, 5.41) is 2.75. The maximum atomic E-state index is 12.2. The van der Waals surface area contributed by atoms with Crippen molar-refractivity contribution in [2.75, 3.05) is 13.6 Å². The molecule has 102 valence electrons. The topological polar surface area (TPSA) is 32.3 Å². The highest BCUT2D eigenvalue weighted by Gasteiger charge is 2.31. The Balaban J connectivity index is 2.10. The van der Waals surface area contributed by atoms with Crippen LogP contribution in [0.5, 0.6) is 0 Å². The molecule has 0 aromatic heterocycles. The Morgan fingerprint density at radius 1 is 1.10 bits per heavy atom. The largest absolute Gasteiger partial charge is 0.341 e. The van der Waals surface area contributed by atoms with Crippen LogP contribution in [0.2, 0.25) is 0 Å². The van der Waals surface area contributed by atoms with Gasteiger partial charge in [-0.3, -0.25) is 0 Å². The smallest absolute Gasteiger partial charge is 0.317 e. The van der Waals surface area contributed by atoms with Crippen molar-refractivity contribution in [1.29, 1.82) is 0 Å². The summed E-state index contributed by atoms with van der Waals surface area (Å²) in [5.41, 5.74) is 3.72. The number of nitrogens with zero attached hydrogens (tertiary/aromatic N) is 1. The van der Waals surface area contributed by atoms with Gasteiger partial charge in [0.25, 0.3) is 0 Å². The SMILES string of the molecule is CNC(=O)N1CCc2ccccc2C1c1ccccc1. The molecule has 3 rings (SSSR count). The lowest BCUT2D eigenvalue weighted by molar-refractivity contribution is 0.182. The maximum absolute atomic E-state index is 12.2. The van der Waals surface area contributed by atoms with E-state index in [-0.39, 0.29) is 12.1 Å². The van der Waals surface area contributed by atoms with E-state index in [1.807, 2.05) is 29.2 Å². The predicted molar refractivity (Wildman–Crippen MR) is 79.6 cm³/mol. The minimum Gasteiger partial charge on any atom is -0.341 e. The summed E-state index contributed by atoms with van der Waals surface area (Å²) < 4.78 is 0. The first-order chi connectivity index (χ1) is 9.81. The van der Waals surface area contributed by atoms with Gasteiger partial charge in [-0.1, -0.05) is 54.6 Å². The number of hydrogen-bond acceptors (Lipinski definition) is 1. The van der Waals surface area contributed by atoms with E-state index in [2.05, 4.69) is 35.6 Å². The average Bonchev–Trinajstić information content (AvgIpc) is 2.53. The number of fused-ring (bicyclic) bond motifs is 1.